The van der Waals surface area contributed by atoms with Crippen molar-refractivity contribution in [3.8, 4) is 0 Å². The predicted molar refractivity (Wildman–Crippen MR) is 93.0 cm³/mol. The highest BCUT2D eigenvalue weighted by Gasteiger charge is 2.31. The largest absolute Gasteiger partial charge is 0.346 e. The standard InChI is InChI=1S/C18H17FN6O3/c19-13-4-2-1-3-12(13)9-23-7-8-24-16(17(23)26)21-25(18(24)27)10-14-20-15(22-28-14)11-5-6-11/h1-4,11H,5-10H2. The summed E-state index contributed by atoms with van der Waals surface area (Å²) in [6.45, 7) is 0.740. The van der Waals surface area contributed by atoms with Gasteiger partial charge in [0.25, 0.3) is 5.91 Å². The summed E-state index contributed by atoms with van der Waals surface area (Å²) in [5.41, 5.74) is 0.0182. The zero-order chi connectivity index (χ0) is 19.3. The zero-order valence-corrected chi connectivity index (χ0v) is 14.9. The van der Waals surface area contributed by atoms with Crippen LogP contribution in [0.3, 0.4) is 0 Å². The van der Waals surface area contributed by atoms with Crippen molar-refractivity contribution in [2.75, 3.05) is 6.54 Å². The number of amides is 1. The van der Waals surface area contributed by atoms with Crippen molar-refractivity contribution in [3.05, 3.63) is 63.7 Å². The molecule has 1 aliphatic heterocycles. The van der Waals surface area contributed by atoms with Gasteiger partial charge in [0.1, 0.15) is 12.4 Å². The maximum absolute atomic E-state index is 13.9. The van der Waals surface area contributed by atoms with E-state index < -0.39 is 11.6 Å². The van der Waals surface area contributed by atoms with Gasteiger partial charge in [0.2, 0.25) is 11.7 Å². The number of benzene rings is 1. The lowest BCUT2D eigenvalue weighted by Crippen LogP contribution is -2.42. The van der Waals surface area contributed by atoms with Crippen molar-refractivity contribution in [1.82, 2.24) is 29.4 Å². The first kappa shape index (κ1) is 16.8. The minimum absolute atomic E-state index is 0.0130. The number of hydrogen-bond donors (Lipinski definition) is 0. The highest BCUT2D eigenvalue weighted by molar-refractivity contribution is 5.91. The average Bonchev–Trinajstić information content (AvgIpc) is 3.36. The van der Waals surface area contributed by atoms with E-state index in [0.717, 1.165) is 17.5 Å². The van der Waals surface area contributed by atoms with Crippen LogP contribution in [0.15, 0.2) is 33.6 Å². The fraction of sp³-hybridized carbons (Fsp3) is 0.389. The van der Waals surface area contributed by atoms with Gasteiger partial charge in [-0.05, 0) is 18.9 Å². The van der Waals surface area contributed by atoms with Gasteiger partial charge in [0.05, 0.1) is 0 Å². The molecule has 1 amide bonds. The van der Waals surface area contributed by atoms with E-state index in [2.05, 4.69) is 15.2 Å². The predicted octanol–water partition coefficient (Wildman–Crippen LogP) is 1.15. The van der Waals surface area contributed by atoms with E-state index in [0.29, 0.717) is 30.4 Å². The lowest BCUT2D eigenvalue weighted by Gasteiger charge is -2.26. The first-order valence-electron chi connectivity index (χ1n) is 9.13. The quantitative estimate of drug-likeness (QED) is 0.654. The molecule has 0 radical (unpaired) electrons. The first-order valence-corrected chi connectivity index (χ1v) is 9.13. The van der Waals surface area contributed by atoms with E-state index in [1.807, 2.05) is 0 Å². The lowest BCUT2D eigenvalue weighted by molar-refractivity contribution is 0.0679. The molecule has 3 heterocycles. The molecule has 0 unspecified atom stereocenters. The Hall–Kier alpha value is -3.30. The molecule has 1 aromatic carbocycles. The zero-order valence-electron chi connectivity index (χ0n) is 14.9. The topological polar surface area (TPSA) is 99.0 Å². The Kier molecular flexibility index (Phi) is 3.85. The van der Waals surface area contributed by atoms with E-state index in [4.69, 9.17) is 4.52 Å². The molecule has 2 aliphatic rings. The molecule has 2 aromatic heterocycles. The van der Waals surface area contributed by atoms with Gasteiger partial charge < -0.3 is 9.42 Å². The van der Waals surface area contributed by atoms with Crippen molar-refractivity contribution in [2.45, 2.75) is 38.4 Å². The molecule has 1 aliphatic carbocycles. The molecule has 10 heteroatoms. The van der Waals surface area contributed by atoms with E-state index >= 15 is 0 Å². The van der Waals surface area contributed by atoms with Gasteiger partial charge in [-0.25, -0.2) is 13.9 Å². The van der Waals surface area contributed by atoms with Crippen LogP contribution >= 0.6 is 0 Å². The van der Waals surface area contributed by atoms with Gasteiger partial charge in [-0.3, -0.25) is 9.36 Å². The first-order chi connectivity index (χ1) is 13.6. The normalized spacial score (nSPS) is 16.5. The Morgan fingerprint density at radius 3 is 2.75 bits per heavy atom. The molecule has 1 fully saturated rings. The molecule has 0 saturated heterocycles. The summed E-state index contributed by atoms with van der Waals surface area (Å²) in [5, 5.41) is 8.09. The molecular weight excluding hydrogens is 367 g/mol. The average molecular weight is 384 g/mol. The Balaban J connectivity index is 1.38. The third-order valence-corrected chi connectivity index (χ3v) is 5.03. The summed E-state index contributed by atoms with van der Waals surface area (Å²) in [7, 11) is 0. The van der Waals surface area contributed by atoms with Gasteiger partial charge in [-0.1, -0.05) is 23.4 Å². The van der Waals surface area contributed by atoms with Crippen LogP contribution in [0.1, 0.15) is 46.7 Å². The smallest absolute Gasteiger partial charge is 0.337 e. The molecule has 5 rings (SSSR count). The maximum Gasteiger partial charge on any atom is 0.346 e. The SMILES string of the molecule is O=C1c2nn(Cc3nc(C4CC4)no3)c(=O)n2CCN1Cc1ccccc1F. The van der Waals surface area contributed by atoms with Crippen LogP contribution < -0.4 is 5.69 Å². The third kappa shape index (κ3) is 2.90. The second-order valence-corrected chi connectivity index (χ2v) is 7.05. The molecule has 144 valence electrons. The van der Waals surface area contributed by atoms with Crippen molar-refractivity contribution >= 4 is 5.91 Å². The Morgan fingerprint density at radius 2 is 1.96 bits per heavy atom. The van der Waals surface area contributed by atoms with Crippen molar-refractivity contribution < 1.29 is 13.7 Å². The van der Waals surface area contributed by atoms with Gasteiger partial charge in [0.15, 0.2) is 5.82 Å². The second kappa shape index (κ2) is 6.39. The highest BCUT2D eigenvalue weighted by Crippen LogP contribution is 2.38. The van der Waals surface area contributed by atoms with Crippen molar-refractivity contribution in [1.29, 1.82) is 0 Å². The second-order valence-electron chi connectivity index (χ2n) is 7.05. The highest BCUT2D eigenvalue weighted by atomic mass is 19.1. The molecular formula is C18H17FN6O3. The van der Waals surface area contributed by atoms with Crippen LogP contribution in [0.4, 0.5) is 4.39 Å². The Labute approximate surface area is 158 Å². The number of hydrogen-bond acceptors (Lipinski definition) is 6. The number of halogens is 1. The van der Waals surface area contributed by atoms with Crippen LogP contribution in [-0.4, -0.2) is 41.8 Å². The van der Waals surface area contributed by atoms with Gasteiger partial charge in [-0.2, -0.15) is 4.98 Å². The van der Waals surface area contributed by atoms with Crippen LogP contribution in [0, 0.1) is 5.82 Å². The van der Waals surface area contributed by atoms with Crippen LogP contribution in [0.2, 0.25) is 0 Å². The lowest BCUT2D eigenvalue weighted by atomic mass is 10.2. The van der Waals surface area contributed by atoms with E-state index in [9.17, 15) is 14.0 Å². The van der Waals surface area contributed by atoms with E-state index in [-0.39, 0.29) is 30.6 Å². The molecule has 28 heavy (non-hydrogen) atoms. The van der Waals surface area contributed by atoms with Crippen molar-refractivity contribution in [3.63, 3.8) is 0 Å². The van der Waals surface area contributed by atoms with Crippen LogP contribution in [-0.2, 0) is 19.6 Å². The maximum atomic E-state index is 13.9. The molecule has 1 saturated carbocycles. The summed E-state index contributed by atoms with van der Waals surface area (Å²) >= 11 is 0. The Bertz CT molecular complexity index is 1110. The van der Waals surface area contributed by atoms with E-state index in [1.54, 1.807) is 18.2 Å². The fourth-order valence-electron chi connectivity index (χ4n) is 3.32. The summed E-state index contributed by atoms with van der Waals surface area (Å²) in [4.78, 5) is 31.1. The Morgan fingerprint density at radius 1 is 1.14 bits per heavy atom. The molecule has 9 nitrogen and oxygen atoms in total. The number of nitrogens with zero attached hydrogens (tertiary/aromatic N) is 6. The monoisotopic (exact) mass is 384 g/mol. The van der Waals surface area contributed by atoms with Crippen molar-refractivity contribution in [2.24, 2.45) is 0 Å². The van der Waals surface area contributed by atoms with Gasteiger partial charge >= 0.3 is 5.69 Å². The fourth-order valence-corrected chi connectivity index (χ4v) is 3.32. The van der Waals surface area contributed by atoms with Crippen LogP contribution in [0.5, 0.6) is 0 Å². The van der Waals surface area contributed by atoms with Gasteiger partial charge in [-0.15, -0.1) is 5.10 Å². The number of carbonyl (C=O) groups is 1. The molecule has 3 aromatic rings. The number of carbonyl (C=O) groups excluding carboxylic acids is 1. The number of aromatic nitrogens is 5. The minimum Gasteiger partial charge on any atom is -0.337 e. The number of rotatable bonds is 5. The summed E-state index contributed by atoms with van der Waals surface area (Å²) < 4.78 is 21.6. The van der Waals surface area contributed by atoms with Crippen LogP contribution in [0.25, 0.3) is 0 Å². The molecule has 0 N–H and O–H groups in total. The molecule has 0 bridgehead atoms. The molecule has 0 spiro atoms. The van der Waals surface area contributed by atoms with Gasteiger partial charge in [0, 0.05) is 31.1 Å². The summed E-state index contributed by atoms with van der Waals surface area (Å²) in [6, 6.07) is 6.31. The number of fused-ring (bicyclic) bond motifs is 1. The molecule has 0 atom stereocenters. The summed E-state index contributed by atoms with van der Waals surface area (Å²) in [6.07, 6.45) is 2.09. The minimum atomic E-state index is -0.408. The van der Waals surface area contributed by atoms with E-state index in [1.165, 1.54) is 15.5 Å². The summed E-state index contributed by atoms with van der Waals surface area (Å²) in [5.74, 6) is 0.544. The third-order valence-electron chi connectivity index (χ3n) is 5.03.